The van der Waals surface area contributed by atoms with Crippen LogP contribution in [0.2, 0.25) is 41.8 Å². The number of alkyl halides is 2. The summed E-state index contributed by atoms with van der Waals surface area (Å²) >= 11 is 0. The average molecular weight is 667 g/mol. The number of hydrogen-bond acceptors (Lipinski definition) is 1. The van der Waals surface area contributed by atoms with E-state index in [-0.39, 0.29) is 11.6 Å². The van der Waals surface area contributed by atoms with Gasteiger partial charge in [0.25, 0.3) is 8.32 Å². The van der Waals surface area contributed by atoms with Gasteiger partial charge in [-0.2, -0.15) is 13.2 Å². The zero-order chi connectivity index (χ0) is 33.0. The van der Waals surface area contributed by atoms with E-state index in [2.05, 4.69) is 27.7 Å². The van der Waals surface area contributed by atoms with Gasteiger partial charge < -0.3 is 4.43 Å². The van der Waals surface area contributed by atoms with Crippen molar-refractivity contribution in [3.8, 4) is 16.9 Å². The normalized spacial score (nSPS) is 15.4. The fraction of sp³-hybridized carbons (Fsp3) is 0.636. The predicted octanol–water partition coefficient (Wildman–Crippen LogP) is 12.6. The second-order valence-electron chi connectivity index (χ2n) is 12.8. The molecule has 1 atom stereocenters. The summed E-state index contributed by atoms with van der Waals surface area (Å²) in [5, 5.41) is 0. The third kappa shape index (κ3) is 6.78. The summed E-state index contributed by atoms with van der Waals surface area (Å²) in [5.74, 6) is -17.6. The summed E-state index contributed by atoms with van der Waals surface area (Å²) in [6.07, 6.45) is 6.54. The van der Waals surface area contributed by atoms with Crippen LogP contribution in [0.1, 0.15) is 97.6 Å². The highest BCUT2D eigenvalue weighted by atomic mass is 28.4. The summed E-state index contributed by atoms with van der Waals surface area (Å²) in [6, 6.07) is 5.32. The Labute approximate surface area is 258 Å². The van der Waals surface area contributed by atoms with Crippen LogP contribution in [0.25, 0.3) is 11.1 Å². The fourth-order valence-corrected chi connectivity index (χ4v) is 14.7. The smallest absolute Gasteiger partial charge is 0.302 e. The Morgan fingerprint density at radius 1 is 0.659 bits per heavy atom. The summed E-state index contributed by atoms with van der Waals surface area (Å²) < 4.78 is 127. The molecular formula is C33H46F8OSi2. The molecule has 0 radical (unpaired) electrons. The molecule has 0 saturated heterocycles. The highest BCUT2D eigenvalue weighted by Gasteiger charge is 2.53. The first-order valence-electron chi connectivity index (χ1n) is 16.1. The Balaban J connectivity index is 2.11. The number of benzene rings is 2. The number of unbranched alkanes of at least 4 members (excludes halogenated alkanes) is 5. The Morgan fingerprint density at radius 2 is 1.20 bits per heavy atom. The molecule has 11 heteroatoms. The highest BCUT2D eigenvalue weighted by molar-refractivity contribution is 6.80. The van der Waals surface area contributed by atoms with Crippen molar-refractivity contribution in [1.82, 2.24) is 0 Å². The number of halogens is 8. The van der Waals surface area contributed by atoms with E-state index in [1.165, 1.54) is 0 Å². The molecule has 0 spiro atoms. The fourth-order valence-electron chi connectivity index (χ4n) is 6.85. The molecule has 0 amide bonds. The van der Waals surface area contributed by atoms with Crippen molar-refractivity contribution in [3.05, 3.63) is 52.1 Å². The molecule has 1 aliphatic carbocycles. The number of rotatable bonds is 17. The van der Waals surface area contributed by atoms with Crippen LogP contribution in [0.4, 0.5) is 35.1 Å². The van der Waals surface area contributed by atoms with Crippen LogP contribution in [-0.4, -0.2) is 16.4 Å². The molecule has 0 bridgehead atoms. The molecule has 1 aliphatic rings. The minimum Gasteiger partial charge on any atom is -0.539 e. The van der Waals surface area contributed by atoms with Crippen LogP contribution in [-0.2, 0) is 5.92 Å². The van der Waals surface area contributed by atoms with E-state index in [1.807, 2.05) is 13.8 Å². The molecule has 0 fully saturated rings. The van der Waals surface area contributed by atoms with E-state index in [1.54, 1.807) is 0 Å². The van der Waals surface area contributed by atoms with Crippen molar-refractivity contribution in [2.24, 2.45) is 0 Å². The average Bonchev–Trinajstić information content (AvgIpc) is 3.23. The van der Waals surface area contributed by atoms with Gasteiger partial charge in [-0.15, -0.1) is 0 Å². The first-order valence-corrected chi connectivity index (χ1v) is 21.4. The van der Waals surface area contributed by atoms with Crippen molar-refractivity contribution >= 4 is 16.4 Å². The Morgan fingerprint density at radius 3 is 1.77 bits per heavy atom. The van der Waals surface area contributed by atoms with Gasteiger partial charge in [0.1, 0.15) is 0 Å². The first kappa shape index (κ1) is 36.6. The summed E-state index contributed by atoms with van der Waals surface area (Å²) in [6.45, 7) is 12.5. The van der Waals surface area contributed by atoms with Gasteiger partial charge in [-0.1, -0.05) is 111 Å². The highest BCUT2D eigenvalue weighted by Crippen LogP contribution is 2.57. The van der Waals surface area contributed by atoms with Crippen LogP contribution in [0.15, 0.2) is 6.07 Å². The SMILES string of the molecule is CCCCCCCC[Si](CCC[Si](CC)(CC)CC)(Oc1c(F)c(F)c2c(c1F)C(F)(F)c1cc(F)c(F)c(F)c1-2)C(C)C. The van der Waals surface area contributed by atoms with Crippen LogP contribution in [0.5, 0.6) is 5.75 Å². The van der Waals surface area contributed by atoms with Crippen LogP contribution >= 0.6 is 0 Å². The predicted molar refractivity (Wildman–Crippen MR) is 166 cm³/mol. The van der Waals surface area contributed by atoms with Gasteiger partial charge in [-0.3, -0.25) is 0 Å². The molecule has 0 heterocycles. The van der Waals surface area contributed by atoms with Crippen molar-refractivity contribution in [2.45, 2.75) is 134 Å². The van der Waals surface area contributed by atoms with Crippen LogP contribution in [0.3, 0.4) is 0 Å². The molecule has 248 valence electrons. The topological polar surface area (TPSA) is 9.23 Å². The molecule has 0 N–H and O–H groups in total. The van der Waals surface area contributed by atoms with Crippen molar-refractivity contribution in [2.75, 3.05) is 0 Å². The molecule has 2 aromatic carbocycles. The Kier molecular flexibility index (Phi) is 12.2. The van der Waals surface area contributed by atoms with Gasteiger partial charge in [0.15, 0.2) is 34.8 Å². The lowest BCUT2D eigenvalue weighted by Gasteiger charge is -2.38. The van der Waals surface area contributed by atoms with Crippen molar-refractivity contribution in [3.63, 3.8) is 0 Å². The van der Waals surface area contributed by atoms with Gasteiger partial charge >= 0.3 is 5.92 Å². The maximum atomic E-state index is 16.1. The molecule has 1 nitrogen and oxygen atoms in total. The molecule has 44 heavy (non-hydrogen) atoms. The maximum Gasteiger partial charge on any atom is 0.302 e. The zero-order valence-electron chi connectivity index (χ0n) is 26.8. The second-order valence-corrected chi connectivity index (χ2v) is 22.9. The Bertz CT molecular complexity index is 1300. The molecule has 0 saturated carbocycles. The molecular weight excluding hydrogens is 621 g/mol. The maximum absolute atomic E-state index is 16.1. The quantitative estimate of drug-likeness (QED) is 0.0537. The van der Waals surface area contributed by atoms with E-state index < -0.39 is 85.2 Å². The summed E-state index contributed by atoms with van der Waals surface area (Å²) in [7, 11) is -4.71. The Hall–Kier alpha value is -1.89. The minimum atomic E-state index is -4.45. The van der Waals surface area contributed by atoms with E-state index in [0.29, 0.717) is 18.5 Å². The molecule has 1 unspecified atom stereocenters. The first-order chi connectivity index (χ1) is 20.7. The molecule has 2 aromatic rings. The lowest BCUT2D eigenvalue weighted by Crippen LogP contribution is -2.46. The van der Waals surface area contributed by atoms with E-state index in [0.717, 1.165) is 62.7 Å². The zero-order valence-corrected chi connectivity index (χ0v) is 28.8. The van der Waals surface area contributed by atoms with E-state index >= 15 is 22.0 Å². The van der Waals surface area contributed by atoms with Crippen molar-refractivity contribution in [1.29, 1.82) is 0 Å². The van der Waals surface area contributed by atoms with Gasteiger partial charge in [-0.05, 0) is 23.7 Å². The number of hydrogen-bond donors (Lipinski definition) is 0. The largest absolute Gasteiger partial charge is 0.539 e. The van der Waals surface area contributed by atoms with Gasteiger partial charge in [-0.25, -0.2) is 22.0 Å². The monoisotopic (exact) mass is 666 g/mol. The summed E-state index contributed by atoms with van der Waals surface area (Å²) in [5.41, 5.74) is -6.14. The van der Waals surface area contributed by atoms with E-state index in [4.69, 9.17) is 4.43 Å². The van der Waals surface area contributed by atoms with Crippen LogP contribution < -0.4 is 4.43 Å². The van der Waals surface area contributed by atoms with Gasteiger partial charge in [0.05, 0.1) is 13.6 Å². The van der Waals surface area contributed by atoms with Gasteiger partial charge in [0.2, 0.25) is 5.82 Å². The van der Waals surface area contributed by atoms with Crippen LogP contribution in [0, 0.1) is 34.9 Å². The summed E-state index contributed by atoms with van der Waals surface area (Å²) in [4.78, 5) is 0. The standard InChI is InChI=1S/C33H46F8OSi2/c1-7-11-12-13-14-15-18-44(21(5)6,19-16-17-43(8-2,9-3)10-4)42-32-30(38)26-25(29(37)31(32)39)24-22(33(26,40)41)20-23(34)27(35)28(24)36/h20-21H,7-19H2,1-6H3. The third-order valence-corrected chi connectivity index (χ3v) is 21.2. The van der Waals surface area contributed by atoms with Crippen molar-refractivity contribution < 1.29 is 39.5 Å². The molecule has 0 aromatic heterocycles. The van der Waals surface area contributed by atoms with Gasteiger partial charge in [0, 0.05) is 16.7 Å². The second kappa shape index (κ2) is 14.7. The third-order valence-electron chi connectivity index (χ3n) is 10.2. The minimum absolute atomic E-state index is 0.00208. The lowest BCUT2D eigenvalue weighted by atomic mass is 10.0. The van der Waals surface area contributed by atoms with E-state index in [9.17, 15) is 13.2 Å². The number of fused-ring (bicyclic) bond motifs is 3. The lowest BCUT2D eigenvalue weighted by molar-refractivity contribution is 0.0428. The molecule has 0 aliphatic heterocycles. The molecule has 3 rings (SSSR count).